The van der Waals surface area contributed by atoms with Crippen molar-refractivity contribution in [3.63, 3.8) is 0 Å². The highest BCUT2D eigenvalue weighted by Crippen LogP contribution is 2.44. The van der Waals surface area contributed by atoms with Crippen LogP contribution in [0.4, 0.5) is 0 Å². The fourth-order valence-corrected chi connectivity index (χ4v) is 8.83. The van der Waals surface area contributed by atoms with Crippen LogP contribution in [0.5, 0.6) is 0 Å². The van der Waals surface area contributed by atoms with E-state index in [2.05, 4.69) is 152 Å². The van der Waals surface area contributed by atoms with E-state index in [9.17, 15) is 0 Å². The van der Waals surface area contributed by atoms with Crippen molar-refractivity contribution in [1.29, 1.82) is 0 Å². The summed E-state index contributed by atoms with van der Waals surface area (Å²) in [6, 6.07) is 74.8. The zero-order chi connectivity index (χ0) is 40.3. The van der Waals surface area contributed by atoms with Gasteiger partial charge in [0.25, 0.3) is 0 Å². The summed E-state index contributed by atoms with van der Waals surface area (Å²) >= 11 is 0. The highest BCUT2D eigenvalue weighted by Gasteiger charge is 2.19. The van der Waals surface area contributed by atoms with Crippen LogP contribution >= 0.6 is 0 Å². The number of hydrogen-bond donors (Lipinski definition) is 0. The van der Waals surface area contributed by atoms with E-state index in [4.69, 9.17) is 19.4 Å². The first-order valence-corrected chi connectivity index (χ1v) is 20.6. The van der Waals surface area contributed by atoms with Crippen molar-refractivity contribution in [2.75, 3.05) is 0 Å². The molecule has 0 spiro atoms. The Morgan fingerprint density at radius 3 is 1.41 bits per heavy atom. The van der Waals surface area contributed by atoms with E-state index in [0.29, 0.717) is 17.5 Å². The molecule has 10 aromatic carbocycles. The molecule has 0 aliphatic heterocycles. The predicted octanol–water partition coefficient (Wildman–Crippen LogP) is 15.2. The molecule has 4 nitrogen and oxygen atoms in total. The van der Waals surface area contributed by atoms with E-state index >= 15 is 0 Å². The molecule has 0 amide bonds. The molecule has 0 saturated carbocycles. The Morgan fingerprint density at radius 2 is 0.754 bits per heavy atom. The molecule has 0 N–H and O–H groups in total. The summed E-state index contributed by atoms with van der Waals surface area (Å²) in [5, 5.41) is 9.32. The molecule has 0 aliphatic rings. The standard InChI is InChI=1S/C57H35N3O/c1-3-13-38(14-4-1)55-58-56(39-15-5-2-6-16-39)60-57(59-55)40-25-23-37(24-26-40)50-35-51-53-47(20-11-21-52(53)61-54(51)49-19-10-9-18-48(49)50)46-31-30-44-33-43(28-29-45(44)34-46)42-27-22-36-12-7-8-17-41(36)32-42/h1-35H. The van der Waals surface area contributed by atoms with Crippen molar-refractivity contribution < 1.29 is 4.42 Å². The molecule has 0 saturated heterocycles. The second kappa shape index (κ2) is 14.3. The summed E-state index contributed by atoms with van der Waals surface area (Å²) in [5.74, 6) is 1.92. The van der Waals surface area contributed by atoms with E-state index < -0.39 is 0 Å². The quantitative estimate of drug-likeness (QED) is 0.169. The van der Waals surface area contributed by atoms with Crippen LogP contribution in [0.2, 0.25) is 0 Å². The first-order valence-electron chi connectivity index (χ1n) is 20.6. The Hall–Kier alpha value is -8.21. The maximum Gasteiger partial charge on any atom is 0.164 e. The minimum atomic E-state index is 0.630. The van der Waals surface area contributed by atoms with Gasteiger partial charge in [-0.2, -0.15) is 0 Å². The van der Waals surface area contributed by atoms with Crippen LogP contribution in [0.15, 0.2) is 217 Å². The summed E-state index contributed by atoms with van der Waals surface area (Å²) in [6.07, 6.45) is 0. The summed E-state index contributed by atoms with van der Waals surface area (Å²) in [7, 11) is 0. The molecule has 12 rings (SSSR count). The summed E-state index contributed by atoms with van der Waals surface area (Å²) < 4.78 is 6.75. The van der Waals surface area contributed by atoms with Crippen molar-refractivity contribution in [3.05, 3.63) is 212 Å². The average Bonchev–Trinajstić information content (AvgIpc) is 3.73. The topological polar surface area (TPSA) is 51.8 Å². The zero-order valence-corrected chi connectivity index (χ0v) is 33.0. The Morgan fingerprint density at radius 1 is 0.279 bits per heavy atom. The van der Waals surface area contributed by atoms with Crippen molar-refractivity contribution in [2.45, 2.75) is 0 Å². The van der Waals surface area contributed by atoms with Gasteiger partial charge in [0.1, 0.15) is 11.2 Å². The van der Waals surface area contributed by atoms with Crippen LogP contribution < -0.4 is 0 Å². The molecule has 284 valence electrons. The minimum absolute atomic E-state index is 0.630. The second-order valence-electron chi connectivity index (χ2n) is 15.6. The number of rotatable bonds is 6. The third-order valence-corrected chi connectivity index (χ3v) is 11.9. The summed E-state index contributed by atoms with van der Waals surface area (Å²) in [6.45, 7) is 0. The summed E-state index contributed by atoms with van der Waals surface area (Å²) in [4.78, 5) is 14.8. The molecule has 0 atom stereocenters. The minimum Gasteiger partial charge on any atom is -0.455 e. The van der Waals surface area contributed by atoms with Gasteiger partial charge in [0.05, 0.1) is 0 Å². The smallest absolute Gasteiger partial charge is 0.164 e. The van der Waals surface area contributed by atoms with Gasteiger partial charge in [-0.1, -0.05) is 182 Å². The number of hydrogen-bond acceptors (Lipinski definition) is 4. The van der Waals surface area contributed by atoms with Gasteiger partial charge >= 0.3 is 0 Å². The Bertz CT molecular complexity index is 3570. The lowest BCUT2D eigenvalue weighted by molar-refractivity contribution is 0.673. The molecule has 0 bridgehead atoms. The Kier molecular flexibility index (Phi) is 8.13. The number of fused-ring (bicyclic) bond motifs is 7. The van der Waals surface area contributed by atoms with E-state index in [1.54, 1.807) is 0 Å². The van der Waals surface area contributed by atoms with Crippen LogP contribution in [-0.4, -0.2) is 15.0 Å². The monoisotopic (exact) mass is 777 g/mol. The van der Waals surface area contributed by atoms with Gasteiger partial charge in [0.15, 0.2) is 17.5 Å². The third-order valence-electron chi connectivity index (χ3n) is 11.9. The van der Waals surface area contributed by atoms with Crippen LogP contribution in [0.25, 0.3) is 122 Å². The molecule has 0 aliphatic carbocycles. The largest absolute Gasteiger partial charge is 0.455 e. The maximum absolute atomic E-state index is 6.75. The van der Waals surface area contributed by atoms with E-state index in [-0.39, 0.29) is 0 Å². The molecular weight excluding hydrogens is 743 g/mol. The molecular formula is C57H35N3O. The van der Waals surface area contributed by atoms with Gasteiger partial charge in [-0.15, -0.1) is 0 Å². The Balaban J connectivity index is 0.956. The first kappa shape index (κ1) is 34.8. The van der Waals surface area contributed by atoms with E-state index in [1.165, 1.54) is 32.7 Å². The first-order chi connectivity index (χ1) is 30.2. The lowest BCUT2D eigenvalue weighted by atomic mass is 9.92. The fraction of sp³-hybridized carbons (Fsp3) is 0. The molecule has 12 aromatic rings. The highest BCUT2D eigenvalue weighted by atomic mass is 16.3. The average molecular weight is 778 g/mol. The van der Waals surface area contributed by atoms with Crippen LogP contribution in [0, 0.1) is 0 Å². The van der Waals surface area contributed by atoms with Crippen molar-refractivity contribution in [3.8, 4) is 67.5 Å². The molecule has 4 heteroatoms. The molecule has 0 unspecified atom stereocenters. The fourth-order valence-electron chi connectivity index (χ4n) is 8.83. The normalized spacial score (nSPS) is 11.6. The number of furan rings is 1. The summed E-state index contributed by atoms with van der Waals surface area (Å²) in [5.41, 5.74) is 11.5. The number of nitrogens with zero attached hydrogens (tertiary/aromatic N) is 3. The predicted molar refractivity (Wildman–Crippen MR) is 252 cm³/mol. The van der Waals surface area contributed by atoms with Gasteiger partial charge in [0, 0.05) is 32.8 Å². The molecule has 2 aromatic heterocycles. The van der Waals surface area contributed by atoms with Crippen molar-refractivity contribution in [1.82, 2.24) is 15.0 Å². The van der Waals surface area contributed by atoms with E-state index in [1.807, 2.05) is 60.7 Å². The lowest BCUT2D eigenvalue weighted by Gasteiger charge is -2.11. The molecule has 61 heavy (non-hydrogen) atoms. The Labute approximate surface area is 352 Å². The highest BCUT2D eigenvalue weighted by molar-refractivity contribution is 6.22. The molecule has 2 heterocycles. The van der Waals surface area contributed by atoms with Gasteiger partial charge in [-0.25, -0.2) is 15.0 Å². The SMILES string of the molecule is c1ccc(-c2nc(-c3ccccc3)nc(-c3ccc(-c4cc5c(oc6cccc(-c7ccc8cc(-c9ccc%10ccccc%10c9)ccc8c7)c65)c5ccccc45)cc3)n2)cc1. The van der Waals surface area contributed by atoms with Crippen LogP contribution in [0.1, 0.15) is 0 Å². The van der Waals surface area contributed by atoms with Gasteiger partial charge in [0.2, 0.25) is 0 Å². The lowest BCUT2D eigenvalue weighted by Crippen LogP contribution is -2.00. The van der Waals surface area contributed by atoms with Crippen molar-refractivity contribution >= 4 is 54.3 Å². The van der Waals surface area contributed by atoms with Crippen LogP contribution in [-0.2, 0) is 0 Å². The number of aromatic nitrogens is 3. The van der Waals surface area contributed by atoms with E-state index in [0.717, 1.165) is 71.7 Å². The number of benzene rings is 10. The molecule has 0 fully saturated rings. The van der Waals surface area contributed by atoms with Gasteiger partial charge in [-0.3, -0.25) is 0 Å². The van der Waals surface area contributed by atoms with Gasteiger partial charge in [-0.05, 0) is 90.6 Å². The molecule has 0 radical (unpaired) electrons. The van der Waals surface area contributed by atoms with Crippen LogP contribution in [0.3, 0.4) is 0 Å². The van der Waals surface area contributed by atoms with Crippen molar-refractivity contribution in [2.24, 2.45) is 0 Å². The van der Waals surface area contributed by atoms with Gasteiger partial charge < -0.3 is 4.42 Å². The zero-order valence-electron chi connectivity index (χ0n) is 33.0. The third kappa shape index (κ3) is 6.12. The second-order valence-corrected chi connectivity index (χ2v) is 15.6. The maximum atomic E-state index is 6.75.